The van der Waals surface area contributed by atoms with Crippen LogP contribution in [0.5, 0.6) is 0 Å². The molecule has 1 aliphatic heterocycles. The van der Waals surface area contributed by atoms with Crippen molar-refractivity contribution >= 4 is 17.5 Å². The van der Waals surface area contributed by atoms with E-state index in [9.17, 15) is 18.4 Å². The summed E-state index contributed by atoms with van der Waals surface area (Å²) in [6, 6.07) is 11.5. The van der Waals surface area contributed by atoms with E-state index in [2.05, 4.69) is 10.3 Å². The summed E-state index contributed by atoms with van der Waals surface area (Å²) in [5.74, 6) is -2.24. The van der Waals surface area contributed by atoms with Gasteiger partial charge >= 0.3 is 11.8 Å². The van der Waals surface area contributed by atoms with Gasteiger partial charge in [-0.2, -0.15) is 0 Å². The molecule has 2 heterocycles. The fraction of sp³-hybridized carbons (Fsp3) is 0.158. The van der Waals surface area contributed by atoms with E-state index in [1.165, 1.54) is 51.0 Å². The van der Waals surface area contributed by atoms with Gasteiger partial charge in [-0.15, -0.1) is 5.10 Å². The molecule has 7 nitrogen and oxygen atoms in total. The van der Waals surface area contributed by atoms with Crippen LogP contribution in [0, 0.1) is 11.6 Å². The molecule has 3 aromatic rings. The number of halogens is 2. The van der Waals surface area contributed by atoms with Crippen LogP contribution in [-0.2, 0) is 16.1 Å². The zero-order valence-corrected chi connectivity index (χ0v) is 14.6. The number of hydrogen-bond donors (Lipinski definition) is 0. The Balaban J connectivity index is 1.47. The monoisotopic (exact) mass is 383 g/mol. The standard InChI is InChI=1S/C19H15F2N5O2/c20-13-5-7-15(8-6-13)25-10-9-24(18(27)19(25)28)11-14-12-26(23-22-14)17-4-2-1-3-16(17)21/h1-8,12H,9-11H2. The summed E-state index contributed by atoms with van der Waals surface area (Å²) in [6.45, 7) is 0.641. The van der Waals surface area contributed by atoms with Crippen LogP contribution in [-0.4, -0.2) is 44.8 Å². The molecule has 0 atom stereocenters. The van der Waals surface area contributed by atoms with Crippen molar-refractivity contribution < 1.29 is 18.4 Å². The molecule has 0 saturated carbocycles. The van der Waals surface area contributed by atoms with Crippen molar-refractivity contribution in [2.45, 2.75) is 6.54 Å². The van der Waals surface area contributed by atoms with Gasteiger partial charge in [-0.1, -0.05) is 17.3 Å². The number of rotatable bonds is 4. The lowest BCUT2D eigenvalue weighted by atomic mass is 10.2. The number of nitrogens with zero attached hydrogens (tertiary/aromatic N) is 5. The maximum atomic E-state index is 13.9. The van der Waals surface area contributed by atoms with Crippen molar-refractivity contribution in [3.05, 3.63) is 72.1 Å². The maximum absolute atomic E-state index is 13.9. The number of hydrogen-bond acceptors (Lipinski definition) is 4. The summed E-state index contributed by atoms with van der Waals surface area (Å²) in [4.78, 5) is 27.6. The zero-order chi connectivity index (χ0) is 19.7. The van der Waals surface area contributed by atoms with E-state index in [-0.39, 0.29) is 25.3 Å². The maximum Gasteiger partial charge on any atom is 0.316 e. The first-order chi connectivity index (χ1) is 13.5. The van der Waals surface area contributed by atoms with Gasteiger partial charge in [0.2, 0.25) is 0 Å². The molecule has 2 aromatic carbocycles. The molecule has 0 N–H and O–H groups in total. The number of benzene rings is 2. The fourth-order valence-electron chi connectivity index (χ4n) is 3.01. The number of amides is 2. The summed E-state index contributed by atoms with van der Waals surface area (Å²) >= 11 is 0. The van der Waals surface area contributed by atoms with Gasteiger partial charge in [0.1, 0.15) is 23.0 Å². The van der Waals surface area contributed by atoms with Crippen LogP contribution in [0.2, 0.25) is 0 Å². The van der Waals surface area contributed by atoms with Crippen molar-refractivity contribution in [1.82, 2.24) is 19.9 Å². The number of para-hydroxylation sites is 1. The van der Waals surface area contributed by atoms with E-state index in [0.717, 1.165) is 0 Å². The third-order valence-corrected chi connectivity index (χ3v) is 4.44. The average molecular weight is 383 g/mol. The molecule has 28 heavy (non-hydrogen) atoms. The van der Waals surface area contributed by atoms with Crippen molar-refractivity contribution in [3.8, 4) is 5.69 Å². The van der Waals surface area contributed by atoms with Crippen molar-refractivity contribution in [3.63, 3.8) is 0 Å². The lowest BCUT2D eigenvalue weighted by molar-refractivity contribution is -0.146. The van der Waals surface area contributed by atoms with Crippen molar-refractivity contribution in [2.75, 3.05) is 18.0 Å². The van der Waals surface area contributed by atoms with Crippen LogP contribution in [0.3, 0.4) is 0 Å². The summed E-state index contributed by atoms with van der Waals surface area (Å²) in [7, 11) is 0. The van der Waals surface area contributed by atoms with Crippen LogP contribution in [0.25, 0.3) is 5.69 Å². The van der Waals surface area contributed by atoms with Gasteiger partial charge < -0.3 is 9.80 Å². The van der Waals surface area contributed by atoms with Gasteiger partial charge in [-0.25, -0.2) is 13.5 Å². The number of carbonyl (C=O) groups is 2. The van der Waals surface area contributed by atoms with Crippen LogP contribution >= 0.6 is 0 Å². The van der Waals surface area contributed by atoms with Gasteiger partial charge in [-0.3, -0.25) is 9.59 Å². The van der Waals surface area contributed by atoms with E-state index in [4.69, 9.17) is 0 Å². The van der Waals surface area contributed by atoms with Crippen LogP contribution in [0.15, 0.2) is 54.7 Å². The molecule has 0 bridgehead atoms. The quantitative estimate of drug-likeness (QED) is 0.646. The summed E-state index contributed by atoms with van der Waals surface area (Å²) in [5, 5.41) is 7.85. The lowest BCUT2D eigenvalue weighted by Crippen LogP contribution is -2.54. The topological polar surface area (TPSA) is 71.3 Å². The largest absolute Gasteiger partial charge is 0.327 e. The molecule has 9 heteroatoms. The highest BCUT2D eigenvalue weighted by molar-refractivity contribution is 6.40. The second-order valence-corrected chi connectivity index (χ2v) is 6.27. The molecule has 0 spiro atoms. The first-order valence-corrected chi connectivity index (χ1v) is 8.55. The normalized spacial score (nSPS) is 14.6. The number of carbonyl (C=O) groups excluding carboxylic acids is 2. The number of piperazine rings is 1. The van der Waals surface area contributed by atoms with Gasteiger partial charge in [0.15, 0.2) is 0 Å². The fourth-order valence-corrected chi connectivity index (χ4v) is 3.01. The van der Waals surface area contributed by atoms with Crippen molar-refractivity contribution in [1.29, 1.82) is 0 Å². The predicted octanol–water partition coefficient (Wildman–Crippen LogP) is 1.92. The van der Waals surface area contributed by atoms with Gasteiger partial charge in [0.25, 0.3) is 0 Å². The SMILES string of the molecule is O=C1C(=O)N(c2ccc(F)cc2)CCN1Cc1cn(-c2ccccc2F)nn1. The lowest BCUT2D eigenvalue weighted by Gasteiger charge is -2.33. The molecule has 2 amide bonds. The van der Waals surface area contributed by atoms with Gasteiger partial charge in [0, 0.05) is 18.8 Å². The van der Waals surface area contributed by atoms with E-state index in [0.29, 0.717) is 11.4 Å². The minimum atomic E-state index is -0.695. The third-order valence-electron chi connectivity index (χ3n) is 4.44. The molecule has 142 valence electrons. The highest BCUT2D eigenvalue weighted by Gasteiger charge is 2.33. The van der Waals surface area contributed by atoms with E-state index >= 15 is 0 Å². The number of anilines is 1. The molecule has 1 fully saturated rings. The Morgan fingerprint density at radius 2 is 1.68 bits per heavy atom. The van der Waals surface area contributed by atoms with E-state index in [1.807, 2.05) is 0 Å². The average Bonchev–Trinajstić information content (AvgIpc) is 3.15. The van der Waals surface area contributed by atoms with Crippen LogP contribution in [0.4, 0.5) is 14.5 Å². The van der Waals surface area contributed by atoms with Gasteiger partial charge in [-0.05, 0) is 36.4 Å². The third kappa shape index (κ3) is 3.34. The molecular formula is C19H15F2N5O2. The van der Waals surface area contributed by atoms with Crippen LogP contribution in [0.1, 0.15) is 5.69 Å². The van der Waals surface area contributed by atoms with Gasteiger partial charge in [0.05, 0.1) is 12.7 Å². The second kappa shape index (κ2) is 7.18. The Morgan fingerprint density at radius 3 is 2.43 bits per heavy atom. The van der Waals surface area contributed by atoms with E-state index in [1.54, 1.807) is 18.2 Å². The molecular weight excluding hydrogens is 368 g/mol. The Kier molecular flexibility index (Phi) is 4.56. The minimum absolute atomic E-state index is 0.0796. The Morgan fingerprint density at radius 1 is 0.929 bits per heavy atom. The first-order valence-electron chi connectivity index (χ1n) is 8.55. The molecule has 1 saturated heterocycles. The molecule has 4 rings (SSSR count). The Bertz CT molecular complexity index is 1030. The Hall–Kier alpha value is -3.62. The summed E-state index contributed by atoms with van der Waals surface area (Å²) < 4.78 is 28.2. The highest BCUT2D eigenvalue weighted by Crippen LogP contribution is 2.19. The smallest absolute Gasteiger partial charge is 0.316 e. The Labute approximate surface area is 158 Å². The second-order valence-electron chi connectivity index (χ2n) is 6.27. The van der Waals surface area contributed by atoms with E-state index < -0.39 is 23.4 Å². The predicted molar refractivity (Wildman–Crippen MR) is 95.5 cm³/mol. The summed E-state index contributed by atoms with van der Waals surface area (Å²) in [5.41, 5.74) is 1.13. The summed E-state index contributed by atoms with van der Waals surface area (Å²) in [6.07, 6.45) is 1.52. The van der Waals surface area contributed by atoms with Crippen molar-refractivity contribution in [2.24, 2.45) is 0 Å². The van der Waals surface area contributed by atoms with Crippen LogP contribution < -0.4 is 4.90 Å². The molecule has 0 unspecified atom stereocenters. The molecule has 0 aliphatic carbocycles. The zero-order valence-electron chi connectivity index (χ0n) is 14.6. The molecule has 1 aliphatic rings. The highest BCUT2D eigenvalue weighted by atomic mass is 19.1. The first kappa shape index (κ1) is 17.8. The molecule has 0 radical (unpaired) electrons. The minimum Gasteiger partial charge on any atom is -0.327 e. The molecule has 1 aromatic heterocycles. The number of aromatic nitrogens is 3.